The molecule has 0 radical (unpaired) electrons. The summed E-state index contributed by atoms with van der Waals surface area (Å²) < 4.78 is 0. The van der Waals surface area contributed by atoms with Gasteiger partial charge in [-0.2, -0.15) is 0 Å². The molecule has 1 saturated heterocycles. The number of nitrogens with zero attached hydrogens (tertiary/aromatic N) is 2. The number of hydrogen-bond acceptors (Lipinski definition) is 4. The Morgan fingerprint density at radius 3 is 2.89 bits per heavy atom. The van der Waals surface area contributed by atoms with Crippen molar-refractivity contribution >= 4 is 23.3 Å². The van der Waals surface area contributed by atoms with Gasteiger partial charge in [-0.1, -0.05) is 0 Å². The van der Waals surface area contributed by atoms with Crippen LogP contribution in [0.1, 0.15) is 23.3 Å². The van der Waals surface area contributed by atoms with E-state index in [0.717, 1.165) is 24.8 Å². The molecule has 2 aliphatic rings. The van der Waals surface area contributed by atoms with Crippen LogP contribution in [0.15, 0.2) is 16.4 Å². The molecule has 1 amide bonds. The van der Waals surface area contributed by atoms with Crippen molar-refractivity contribution in [2.45, 2.75) is 24.8 Å². The third kappa shape index (κ3) is 1.77. The molecule has 0 aliphatic carbocycles. The molecule has 0 aromatic carbocycles. The number of rotatable bonds is 0. The third-order valence-electron chi connectivity index (χ3n) is 3.83. The number of fused-ring (bicyclic) bond motifs is 1. The summed E-state index contributed by atoms with van der Waals surface area (Å²) >= 11 is 1.71. The maximum Gasteiger partial charge on any atom is 0.407 e. The van der Waals surface area contributed by atoms with Crippen LogP contribution in [0.5, 0.6) is 0 Å². The lowest BCUT2D eigenvalue weighted by Crippen LogP contribution is -2.48. The van der Waals surface area contributed by atoms with Gasteiger partial charge in [0.15, 0.2) is 0 Å². The fraction of sp³-hybridized carbons (Fsp3) is 0.500. The molecule has 0 saturated carbocycles. The van der Waals surface area contributed by atoms with Gasteiger partial charge in [0.25, 0.3) is 0 Å². The Hall–Kier alpha value is -1.56. The molecule has 96 valence electrons. The summed E-state index contributed by atoms with van der Waals surface area (Å²) in [6.45, 7) is 1.10. The van der Waals surface area contributed by atoms with Crippen LogP contribution in [0.2, 0.25) is 0 Å². The van der Waals surface area contributed by atoms with E-state index in [1.807, 2.05) is 11.4 Å². The second-order valence-electron chi connectivity index (χ2n) is 4.93. The zero-order valence-corrected chi connectivity index (χ0v) is 10.7. The number of nitrogens with two attached hydrogens (primary N) is 1. The van der Waals surface area contributed by atoms with Gasteiger partial charge < -0.3 is 15.7 Å². The van der Waals surface area contributed by atoms with E-state index in [9.17, 15) is 4.79 Å². The maximum atomic E-state index is 10.9. The lowest BCUT2D eigenvalue weighted by atomic mass is 9.82. The zero-order chi connectivity index (χ0) is 12.8. The molecular weight excluding hydrogens is 250 g/mol. The number of aliphatic imine (C=N–C) groups is 1. The molecule has 3 rings (SSSR count). The summed E-state index contributed by atoms with van der Waals surface area (Å²) in [5, 5.41) is 11.0. The Morgan fingerprint density at radius 1 is 1.50 bits per heavy atom. The average Bonchev–Trinajstić information content (AvgIpc) is 2.77. The molecule has 6 heteroatoms. The van der Waals surface area contributed by atoms with Gasteiger partial charge in [-0.25, -0.2) is 4.79 Å². The highest BCUT2D eigenvalue weighted by Gasteiger charge is 2.39. The zero-order valence-electron chi connectivity index (χ0n) is 9.93. The number of piperidine rings is 1. The second-order valence-corrected chi connectivity index (χ2v) is 5.93. The SMILES string of the molecule is NC1=NC2(CCN(C(=O)O)CC2)Cc2sccc21. The van der Waals surface area contributed by atoms with Gasteiger partial charge in [0, 0.05) is 30.0 Å². The maximum absolute atomic E-state index is 10.9. The van der Waals surface area contributed by atoms with E-state index in [0.29, 0.717) is 18.9 Å². The van der Waals surface area contributed by atoms with Crippen molar-refractivity contribution in [1.82, 2.24) is 4.90 Å². The van der Waals surface area contributed by atoms with Gasteiger partial charge >= 0.3 is 6.09 Å². The van der Waals surface area contributed by atoms with Crippen LogP contribution in [-0.4, -0.2) is 40.6 Å². The molecule has 1 fully saturated rings. The van der Waals surface area contributed by atoms with E-state index in [4.69, 9.17) is 10.8 Å². The number of carboxylic acid groups (broad SMARTS) is 1. The van der Waals surface area contributed by atoms with Crippen LogP contribution in [0.3, 0.4) is 0 Å². The van der Waals surface area contributed by atoms with Crippen molar-refractivity contribution in [3.8, 4) is 0 Å². The van der Waals surface area contributed by atoms with Crippen LogP contribution in [0.4, 0.5) is 4.79 Å². The highest BCUT2D eigenvalue weighted by molar-refractivity contribution is 7.10. The van der Waals surface area contributed by atoms with E-state index in [-0.39, 0.29) is 5.54 Å². The van der Waals surface area contributed by atoms with Gasteiger partial charge in [0.2, 0.25) is 0 Å². The molecule has 18 heavy (non-hydrogen) atoms. The number of thiophene rings is 1. The van der Waals surface area contributed by atoms with E-state index < -0.39 is 6.09 Å². The fourth-order valence-corrected chi connectivity index (χ4v) is 3.78. The summed E-state index contributed by atoms with van der Waals surface area (Å²) in [7, 11) is 0. The van der Waals surface area contributed by atoms with Crippen molar-refractivity contribution in [1.29, 1.82) is 0 Å². The Labute approximate surface area is 109 Å². The first-order valence-corrected chi connectivity index (χ1v) is 6.88. The van der Waals surface area contributed by atoms with E-state index in [2.05, 4.69) is 4.99 Å². The van der Waals surface area contributed by atoms with E-state index in [1.165, 1.54) is 9.78 Å². The molecule has 3 heterocycles. The Kier molecular flexibility index (Phi) is 2.55. The molecule has 1 spiro atoms. The van der Waals surface area contributed by atoms with Gasteiger partial charge in [-0.05, 0) is 24.3 Å². The summed E-state index contributed by atoms with van der Waals surface area (Å²) in [6, 6.07) is 2.01. The first kappa shape index (κ1) is 11.5. The summed E-state index contributed by atoms with van der Waals surface area (Å²) in [5.41, 5.74) is 6.91. The van der Waals surface area contributed by atoms with E-state index in [1.54, 1.807) is 11.3 Å². The predicted molar refractivity (Wildman–Crippen MR) is 70.3 cm³/mol. The smallest absolute Gasteiger partial charge is 0.407 e. The van der Waals surface area contributed by atoms with Crippen LogP contribution in [0, 0.1) is 0 Å². The lowest BCUT2D eigenvalue weighted by Gasteiger charge is -2.40. The van der Waals surface area contributed by atoms with Gasteiger partial charge in [-0.15, -0.1) is 11.3 Å². The minimum Gasteiger partial charge on any atom is -0.465 e. The molecule has 3 N–H and O–H groups in total. The highest BCUT2D eigenvalue weighted by atomic mass is 32.1. The van der Waals surface area contributed by atoms with Crippen molar-refractivity contribution in [3.63, 3.8) is 0 Å². The van der Waals surface area contributed by atoms with Gasteiger partial charge in [-0.3, -0.25) is 4.99 Å². The Bertz CT molecular complexity index is 515. The number of likely N-dealkylation sites (tertiary alicyclic amines) is 1. The Balaban J connectivity index is 1.83. The largest absolute Gasteiger partial charge is 0.465 e. The van der Waals surface area contributed by atoms with Crippen LogP contribution >= 0.6 is 11.3 Å². The van der Waals surface area contributed by atoms with Crippen molar-refractivity contribution in [2.75, 3.05) is 13.1 Å². The standard InChI is InChI=1S/C12H15N3O2S/c13-10-8-1-6-18-9(8)7-12(14-10)2-4-15(5-3-12)11(16)17/h1,6H,2-5,7H2,(H2,13,14)(H,16,17). The summed E-state index contributed by atoms with van der Waals surface area (Å²) in [5.74, 6) is 0.612. The number of hydrogen-bond donors (Lipinski definition) is 2. The normalized spacial score (nSPS) is 21.6. The molecular formula is C12H15N3O2S. The Morgan fingerprint density at radius 2 is 2.22 bits per heavy atom. The van der Waals surface area contributed by atoms with E-state index >= 15 is 0 Å². The molecule has 1 aromatic rings. The molecule has 1 aromatic heterocycles. The first-order valence-electron chi connectivity index (χ1n) is 6.00. The monoisotopic (exact) mass is 265 g/mol. The molecule has 2 aliphatic heterocycles. The fourth-order valence-electron chi connectivity index (χ4n) is 2.76. The second kappa shape index (κ2) is 3.98. The summed E-state index contributed by atoms with van der Waals surface area (Å²) in [4.78, 5) is 18.3. The molecule has 5 nitrogen and oxygen atoms in total. The number of amidine groups is 1. The molecule has 0 unspecified atom stereocenters. The first-order chi connectivity index (χ1) is 8.60. The van der Waals surface area contributed by atoms with Crippen LogP contribution < -0.4 is 5.73 Å². The molecule has 0 bridgehead atoms. The van der Waals surface area contributed by atoms with Gasteiger partial charge in [0.1, 0.15) is 5.84 Å². The highest BCUT2D eigenvalue weighted by Crippen LogP contribution is 2.36. The van der Waals surface area contributed by atoms with Crippen molar-refractivity contribution in [2.24, 2.45) is 10.7 Å². The average molecular weight is 265 g/mol. The lowest BCUT2D eigenvalue weighted by molar-refractivity contribution is 0.118. The van der Waals surface area contributed by atoms with Crippen LogP contribution in [0.25, 0.3) is 0 Å². The van der Waals surface area contributed by atoms with Crippen molar-refractivity contribution in [3.05, 3.63) is 21.9 Å². The van der Waals surface area contributed by atoms with Crippen LogP contribution in [-0.2, 0) is 6.42 Å². The topological polar surface area (TPSA) is 78.9 Å². The summed E-state index contributed by atoms with van der Waals surface area (Å²) in [6.07, 6.45) is 1.58. The minimum absolute atomic E-state index is 0.173. The minimum atomic E-state index is -0.838. The number of amides is 1. The number of carbonyl (C=O) groups is 1. The third-order valence-corrected chi connectivity index (χ3v) is 4.75. The quantitative estimate of drug-likeness (QED) is 0.746. The molecule has 0 atom stereocenters. The van der Waals surface area contributed by atoms with Gasteiger partial charge in [0.05, 0.1) is 5.54 Å². The predicted octanol–water partition coefficient (Wildman–Crippen LogP) is 1.52. The van der Waals surface area contributed by atoms with Crippen molar-refractivity contribution < 1.29 is 9.90 Å².